The summed E-state index contributed by atoms with van der Waals surface area (Å²) >= 11 is 0. The molecule has 168 valence electrons. The van der Waals surface area contributed by atoms with Crippen LogP contribution in [0, 0.1) is 5.92 Å². The first-order valence-electron chi connectivity index (χ1n) is 10.7. The van der Waals surface area contributed by atoms with Crippen LogP contribution in [0.5, 0.6) is 0 Å². The molecule has 2 heterocycles. The van der Waals surface area contributed by atoms with Gasteiger partial charge in [-0.3, -0.25) is 9.80 Å². The molecule has 9 heteroatoms. The van der Waals surface area contributed by atoms with Crippen LogP contribution in [-0.4, -0.2) is 61.8 Å². The lowest BCUT2D eigenvalue weighted by molar-refractivity contribution is -0.139. The van der Waals surface area contributed by atoms with Gasteiger partial charge in [-0.15, -0.1) is 0 Å². The number of sulfonamides is 1. The minimum absolute atomic E-state index is 0.0246. The van der Waals surface area contributed by atoms with E-state index in [0.717, 1.165) is 23.8 Å². The highest BCUT2D eigenvalue weighted by atomic mass is 32.2. The van der Waals surface area contributed by atoms with Crippen molar-refractivity contribution in [1.29, 1.82) is 0 Å². The second-order valence-electron chi connectivity index (χ2n) is 9.00. The van der Waals surface area contributed by atoms with Gasteiger partial charge in [0.2, 0.25) is 15.9 Å². The van der Waals surface area contributed by atoms with E-state index in [1.54, 1.807) is 5.01 Å². The van der Waals surface area contributed by atoms with Gasteiger partial charge >= 0.3 is 0 Å². The molecule has 1 aliphatic carbocycles. The Bertz CT molecular complexity index is 1140. The van der Waals surface area contributed by atoms with Crippen molar-refractivity contribution in [1.82, 2.24) is 25.5 Å². The first-order valence-corrected chi connectivity index (χ1v) is 12.6. The molecule has 1 aliphatic heterocycles. The van der Waals surface area contributed by atoms with E-state index < -0.39 is 10.0 Å². The van der Waals surface area contributed by atoms with Gasteiger partial charge in [-0.1, -0.05) is 18.2 Å². The molecule has 2 atom stereocenters. The van der Waals surface area contributed by atoms with Crippen LogP contribution >= 0.6 is 0 Å². The van der Waals surface area contributed by atoms with Crippen LogP contribution in [-0.2, 0) is 21.2 Å². The van der Waals surface area contributed by atoms with Crippen molar-refractivity contribution in [3.8, 4) is 0 Å². The van der Waals surface area contributed by atoms with Gasteiger partial charge in [-0.25, -0.2) is 18.6 Å². The summed E-state index contributed by atoms with van der Waals surface area (Å²) in [5.41, 5.74) is 7.64. The molecule has 0 unspecified atom stereocenters. The Labute approximate surface area is 183 Å². The molecule has 0 bridgehead atoms. The molecule has 4 rings (SSSR count). The van der Waals surface area contributed by atoms with E-state index >= 15 is 0 Å². The van der Waals surface area contributed by atoms with Gasteiger partial charge in [-0.2, -0.15) is 0 Å². The largest absolute Gasteiger partial charge is 0.361 e. The van der Waals surface area contributed by atoms with E-state index in [-0.39, 0.29) is 30.0 Å². The minimum Gasteiger partial charge on any atom is -0.361 e. The van der Waals surface area contributed by atoms with E-state index in [1.807, 2.05) is 19.9 Å². The lowest BCUT2D eigenvalue weighted by atomic mass is 9.72. The number of carbonyl (C=O) groups excluding carboxylic acids is 1. The molecule has 1 aromatic heterocycles. The fourth-order valence-electron chi connectivity index (χ4n) is 4.68. The smallest absolute Gasteiger partial charge is 0.245 e. The number of hydrogen-bond donors (Lipinski definition) is 4. The third kappa shape index (κ3) is 4.27. The summed E-state index contributed by atoms with van der Waals surface area (Å²) in [5, 5.41) is 6.49. The van der Waals surface area contributed by atoms with Crippen LogP contribution in [0.15, 0.2) is 30.5 Å². The number of hydrazine groups is 1. The predicted molar refractivity (Wildman–Crippen MR) is 123 cm³/mol. The van der Waals surface area contributed by atoms with Crippen molar-refractivity contribution < 1.29 is 13.2 Å². The van der Waals surface area contributed by atoms with E-state index in [1.165, 1.54) is 16.5 Å². The molecule has 1 aromatic carbocycles. The molecule has 2 aliphatic rings. The molecule has 0 radical (unpaired) electrons. The monoisotopic (exact) mass is 445 g/mol. The molecular weight excluding hydrogens is 414 g/mol. The standard InChI is InChI=1S/C22H31N5O3S/c1-14(2)27(25-8-9-26-31(4,29)30)21(28)15-10-18-17-6-5-7-19-20(17)16(12-23-19)11-22(18,3)24-13-15/h5-7,10,12,14-15,23-26H,8-9,11,13H2,1-4H3/t15-,22-/m1/s1. The molecule has 0 saturated heterocycles. The molecular formula is C22H31N5O3S. The maximum atomic E-state index is 13.4. The van der Waals surface area contributed by atoms with Crippen LogP contribution in [0.3, 0.4) is 0 Å². The SMILES string of the molecule is CC(C)N(NCCNS(C)(=O)=O)C(=O)[C@@H]1C=C2c3cccc4[nH]cc(c34)C[C@@]2(C)NC1. The Morgan fingerprint density at radius 3 is 2.81 bits per heavy atom. The van der Waals surface area contributed by atoms with Crippen LogP contribution in [0.1, 0.15) is 31.9 Å². The van der Waals surface area contributed by atoms with Gasteiger partial charge in [0.25, 0.3) is 0 Å². The van der Waals surface area contributed by atoms with Crippen molar-refractivity contribution in [2.24, 2.45) is 5.92 Å². The number of carbonyl (C=O) groups is 1. The van der Waals surface area contributed by atoms with Crippen molar-refractivity contribution in [2.45, 2.75) is 38.8 Å². The summed E-state index contributed by atoms with van der Waals surface area (Å²) in [7, 11) is -3.26. The third-order valence-corrected chi connectivity index (χ3v) is 6.87. The van der Waals surface area contributed by atoms with Crippen LogP contribution < -0.4 is 15.5 Å². The van der Waals surface area contributed by atoms with E-state index in [9.17, 15) is 13.2 Å². The minimum atomic E-state index is -3.26. The second-order valence-corrected chi connectivity index (χ2v) is 10.8. The van der Waals surface area contributed by atoms with Crippen LogP contribution in [0.4, 0.5) is 0 Å². The summed E-state index contributed by atoms with van der Waals surface area (Å²) in [6.45, 7) is 7.18. The predicted octanol–water partition coefficient (Wildman–Crippen LogP) is 1.38. The number of aromatic amines is 1. The molecule has 4 N–H and O–H groups in total. The highest BCUT2D eigenvalue weighted by Gasteiger charge is 2.41. The quantitative estimate of drug-likeness (QED) is 0.381. The zero-order valence-electron chi connectivity index (χ0n) is 18.5. The Morgan fingerprint density at radius 1 is 1.32 bits per heavy atom. The molecule has 1 amide bonds. The van der Waals surface area contributed by atoms with Gasteiger partial charge in [0, 0.05) is 48.3 Å². The molecule has 0 fully saturated rings. The molecule has 31 heavy (non-hydrogen) atoms. The maximum Gasteiger partial charge on any atom is 0.245 e. The first kappa shape index (κ1) is 22.0. The number of nitrogens with one attached hydrogen (secondary N) is 4. The summed E-state index contributed by atoms with van der Waals surface area (Å²) in [6.07, 6.45) is 6.20. The van der Waals surface area contributed by atoms with E-state index in [0.29, 0.717) is 13.1 Å². The molecule has 0 saturated carbocycles. The highest BCUT2D eigenvalue weighted by Crippen LogP contribution is 2.43. The van der Waals surface area contributed by atoms with Gasteiger partial charge in [0.15, 0.2) is 0 Å². The number of fused-ring (bicyclic) bond motifs is 2. The molecule has 0 spiro atoms. The number of hydrogen-bond acceptors (Lipinski definition) is 5. The van der Waals surface area contributed by atoms with Gasteiger partial charge in [-0.05, 0) is 50.0 Å². The maximum absolute atomic E-state index is 13.4. The average Bonchev–Trinajstić information content (AvgIpc) is 3.09. The number of H-pyrrole nitrogens is 1. The number of aromatic nitrogens is 1. The Balaban J connectivity index is 1.58. The van der Waals surface area contributed by atoms with Crippen molar-refractivity contribution in [3.63, 3.8) is 0 Å². The first-order chi connectivity index (χ1) is 14.6. The lowest BCUT2D eigenvalue weighted by Crippen LogP contribution is -2.57. The summed E-state index contributed by atoms with van der Waals surface area (Å²) in [6, 6.07) is 6.20. The summed E-state index contributed by atoms with van der Waals surface area (Å²) in [4.78, 5) is 16.7. The highest BCUT2D eigenvalue weighted by molar-refractivity contribution is 7.88. The molecule has 2 aromatic rings. The lowest BCUT2D eigenvalue weighted by Gasteiger charge is -2.43. The zero-order chi connectivity index (χ0) is 22.4. The summed E-state index contributed by atoms with van der Waals surface area (Å²) in [5.74, 6) is -0.333. The summed E-state index contributed by atoms with van der Waals surface area (Å²) < 4.78 is 25.0. The van der Waals surface area contributed by atoms with Gasteiger partial charge in [0.1, 0.15) is 0 Å². The zero-order valence-corrected chi connectivity index (χ0v) is 19.3. The van der Waals surface area contributed by atoms with Crippen LogP contribution in [0.2, 0.25) is 0 Å². The van der Waals surface area contributed by atoms with Crippen molar-refractivity contribution in [3.05, 3.63) is 41.6 Å². The number of rotatable bonds is 7. The Kier molecular flexibility index (Phi) is 5.72. The normalized spacial score (nSPS) is 23.0. The Hall–Kier alpha value is -2.20. The fourth-order valence-corrected chi connectivity index (χ4v) is 5.16. The topological polar surface area (TPSA) is 106 Å². The Morgan fingerprint density at radius 2 is 2.10 bits per heavy atom. The van der Waals surface area contributed by atoms with E-state index in [2.05, 4.69) is 51.8 Å². The molecule has 8 nitrogen and oxygen atoms in total. The van der Waals surface area contributed by atoms with Crippen LogP contribution in [0.25, 0.3) is 16.5 Å². The third-order valence-electron chi connectivity index (χ3n) is 6.14. The fraction of sp³-hybridized carbons (Fsp3) is 0.500. The van der Waals surface area contributed by atoms with Crippen molar-refractivity contribution >= 4 is 32.4 Å². The second kappa shape index (κ2) is 8.05. The van der Waals surface area contributed by atoms with Gasteiger partial charge in [0.05, 0.1) is 12.2 Å². The average molecular weight is 446 g/mol. The number of benzene rings is 1. The van der Waals surface area contributed by atoms with Gasteiger partial charge < -0.3 is 10.3 Å². The number of nitrogens with zero attached hydrogens (tertiary/aromatic N) is 1. The number of amides is 1. The van der Waals surface area contributed by atoms with E-state index in [4.69, 9.17) is 0 Å². The van der Waals surface area contributed by atoms with Crippen molar-refractivity contribution in [2.75, 3.05) is 25.9 Å².